The first-order valence-corrected chi connectivity index (χ1v) is 10.3. The summed E-state index contributed by atoms with van der Waals surface area (Å²) in [6.45, 7) is 2.39. The molecule has 1 saturated heterocycles. The predicted molar refractivity (Wildman–Crippen MR) is 104 cm³/mol. The zero-order chi connectivity index (χ0) is 20.5. The molecule has 2 aromatic carbocycles. The molecule has 148 valence electrons. The lowest BCUT2D eigenvalue weighted by Gasteiger charge is -2.34. The van der Waals surface area contributed by atoms with Gasteiger partial charge in [-0.2, -0.15) is 4.31 Å². The lowest BCUT2D eigenvalue weighted by Crippen LogP contribution is -2.50. The van der Waals surface area contributed by atoms with Gasteiger partial charge in [-0.05, 0) is 43.3 Å². The van der Waals surface area contributed by atoms with Gasteiger partial charge in [-0.1, -0.05) is 11.6 Å². The number of hydrogen-bond donors (Lipinski definition) is 0. The Kier molecular flexibility index (Phi) is 5.69. The summed E-state index contributed by atoms with van der Waals surface area (Å²) in [5, 5.41) is 11.4. The number of aryl methyl sites for hydroxylation is 1. The molecule has 1 fully saturated rings. The molecule has 1 aliphatic rings. The monoisotopic (exact) mass is 423 g/mol. The van der Waals surface area contributed by atoms with E-state index in [1.807, 2.05) is 0 Å². The highest BCUT2D eigenvalue weighted by molar-refractivity contribution is 7.89. The molecule has 0 saturated carbocycles. The number of halogens is 1. The third-order valence-electron chi connectivity index (χ3n) is 4.62. The van der Waals surface area contributed by atoms with Crippen molar-refractivity contribution in [2.24, 2.45) is 0 Å². The molecule has 1 aliphatic heterocycles. The summed E-state index contributed by atoms with van der Waals surface area (Å²) in [5.74, 6) is -0.276. The van der Waals surface area contributed by atoms with Crippen LogP contribution in [0.1, 0.15) is 15.9 Å². The summed E-state index contributed by atoms with van der Waals surface area (Å²) >= 11 is 5.81. The zero-order valence-electron chi connectivity index (χ0n) is 15.0. The molecule has 0 aromatic heterocycles. The first-order valence-electron chi connectivity index (χ1n) is 8.50. The van der Waals surface area contributed by atoms with Gasteiger partial charge in [-0.15, -0.1) is 0 Å². The van der Waals surface area contributed by atoms with Crippen LogP contribution in [-0.4, -0.2) is 54.6 Å². The van der Waals surface area contributed by atoms with Gasteiger partial charge >= 0.3 is 0 Å². The number of nitro benzene ring substituents is 1. The SMILES string of the molecule is Cc1cc(C(=O)N2CCN(S(=O)(=O)c3ccc(Cl)cc3)CC2)ccc1[N+](=O)[O-]. The molecule has 0 spiro atoms. The molecule has 8 nitrogen and oxygen atoms in total. The van der Waals surface area contributed by atoms with E-state index in [9.17, 15) is 23.3 Å². The fourth-order valence-corrected chi connectivity index (χ4v) is 4.61. The molecule has 1 amide bonds. The van der Waals surface area contributed by atoms with Crippen molar-refractivity contribution in [2.45, 2.75) is 11.8 Å². The summed E-state index contributed by atoms with van der Waals surface area (Å²) in [7, 11) is -3.65. The maximum absolute atomic E-state index is 12.7. The molecular weight excluding hydrogens is 406 g/mol. The highest BCUT2D eigenvalue weighted by Gasteiger charge is 2.30. The lowest BCUT2D eigenvalue weighted by atomic mass is 10.1. The number of nitro groups is 1. The molecule has 0 atom stereocenters. The second kappa shape index (κ2) is 7.86. The topological polar surface area (TPSA) is 101 Å². The van der Waals surface area contributed by atoms with E-state index in [4.69, 9.17) is 11.6 Å². The third kappa shape index (κ3) is 4.01. The molecule has 0 aliphatic carbocycles. The van der Waals surface area contributed by atoms with Gasteiger partial charge < -0.3 is 4.90 Å². The average Bonchev–Trinajstić information content (AvgIpc) is 2.67. The Labute approximate surface area is 167 Å². The molecule has 0 bridgehead atoms. The van der Waals surface area contributed by atoms with E-state index in [0.29, 0.717) is 16.1 Å². The van der Waals surface area contributed by atoms with Crippen LogP contribution in [0.2, 0.25) is 5.02 Å². The average molecular weight is 424 g/mol. The first-order chi connectivity index (χ1) is 13.2. The van der Waals surface area contributed by atoms with Crippen LogP contribution in [0.3, 0.4) is 0 Å². The van der Waals surface area contributed by atoms with Gasteiger partial charge in [0.25, 0.3) is 11.6 Å². The normalized spacial score (nSPS) is 15.4. The number of nitrogens with zero attached hydrogens (tertiary/aromatic N) is 3. The van der Waals surface area contributed by atoms with Gasteiger partial charge in [0.1, 0.15) is 0 Å². The summed E-state index contributed by atoms with van der Waals surface area (Å²) in [6, 6.07) is 10.2. The van der Waals surface area contributed by atoms with Crippen LogP contribution in [0.5, 0.6) is 0 Å². The van der Waals surface area contributed by atoms with Gasteiger partial charge in [0.2, 0.25) is 10.0 Å². The van der Waals surface area contributed by atoms with Gasteiger partial charge in [-0.3, -0.25) is 14.9 Å². The molecule has 28 heavy (non-hydrogen) atoms. The van der Waals surface area contributed by atoms with E-state index in [1.54, 1.807) is 11.8 Å². The zero-order valence-corrected chi connectivity index (χ0v) is 16.6. The Morgan fingerprint density at radius 1 is 1.07 bits per heavy atom. The standard InChI is InChI=1S/C18H18ClN3O5S/c1-13-12-14(2-7-17(13)22(24)25)18(23)20-8-10-21(11-9-20)28(26,27)16-5-3-15(19)4-6-16/h2-7,12H,8-11H2,1H3. The number of amides is 1. The lowest BCUT2D eigenvalue weighted by molar-refractivity contribution is -0.385. The second-order valence-corrected chi connectivity index (χ2v) is 8.78. The van der Waals surface area contributed by atoms with Gasteiger partial charge in [0.05, 0.1) is 9.82 Å². The number of rotatable bonds is 4. The van der Waals surface area contributed by atoms with Crippen molar-refractivity contribution < 1.29 is 18.1 Å². The Balaban J connectivity index is 1.69. The third-order valence-corrected chi connectivity index (χ3v) is 6.78. The molecule has 2 aromatic rings. The van der Waals surface area contributed by atoms with Crippen molar-refractivity contribution in [3.8, 4) is 0 Å². The molecule has 0 radical (unpaired) electrons. The molecular formula is C18H18ClN3O5S. The number of benzene rings is 2. The number of piperazine rings is 1. The van der Waals surface area contributed by atoms with Crippen molar-refractivity contribution in [1.29, 1.82) is 0 Å². The maximum atomic E-state index is 12.7. The van der Waals surface area contributed by atoms with Crippen LogP contribution in [0, 0.1) is 17.0 Å². The molecule has 0 unspecified atom stereocenters. The van der Waals surface area contributed by atoms with E-state index in [2.05, 4.69) is 0 Å². The summed E-state index contributed by atoms with van der Waals surface area (Å²) < 4.78 is 26.7. The van der Waals surface area contributed by atoms with Crippen molar-refractivity contribution in [1.82, 2.24) is 9.21 Å². The number of carbonyl (C=O) groups is 1. The van der Waals surface area contributed by atoms with Crippen molar-refractivity contribution >= 4 is 33.2 Å². The fourth-order valence-electron chi connectivity index (χ4n) is 3.06. The Morgan fingerprint density at radius 3 is 2.21 bits per heavy atom. The molecule has 0 N–H and O–H groups in total. The van der Waals surface area contributed by atoms with Crippen molar-refractivity contribution in [3.05, 3.63) is 68.7 Å². The van der Waals surface area contributed by atoms with Crippen molar-refractivity contribution in [2.75, 3.05) is 26.2 Å². The van der Waals surface area contributed by atoms with Crippen LogP contribution in [-0.2, 0) is 10.0 Å². The van der Waals surface area contributed by atoms with Crippen molar-refractivity contribution in [3.63, 3.8) is 0 Å². The highest BCUT2D eigenvalue weighted by atomic mass is 35.5. The van der Waals surface area contributed by atoms with Crippen LogP contribution < -0.4 is 0 Å². The molecule has 3 rings (SSSR count). The molecule has 10 heteroatoms. The van der Waals surface area contributed by atoms with Gasteiger partial charge in [-0.25, -0.2) is 8.42 Å². The number of sulfonamides is 1. The second-order valence-electron chi connectivity index (χ2n) is 6.41. The first kappa shape index (κ1) is 20.2. The fraction of sp³-hybridized carbons (Fsp3) is 0.278. The molecule has 1 heterocycles. The summed E-state index contributed by atoms with van der Waals surface area (Å²) in [5.41, 5.74) is 0.701. The van der Waals surface area contributed by atoms with Crippen LogP contribution in [0.4, 0.5) is 5.69 Å². The Morgan fingerprint density at radius 2 is 1.68 bits per heavy atom. The smallest absolute Gasteiger partial charge is 0.272 e. The summed E-state index contributed by atoms with van der Waals surface area (Å²) in [4.78, 5) is 24.8. The Hall–Kier alpha value is -2.49. The van der Waals surface area contributed by atoms with E-state index in [0.717, 1.165) is 0 Å². The van der Waals surface area contributed by atoms with Crippen LogP contribution in [0.25, 0.3) is 0 Å². The van der Waals surface area contributed by atoms with E-state index in [-0.39, 0.29) is 42.7 Å². The van der Waals surface area contributed by atoms with E-state index in [1.165, 1.54) is 46.8 Å². The van der Waals surface area contributed by atoms with Gasteiger partial charge in [0, 0.05) is 48.4 Å². The number of carbonyl (C=O) groups excluding carboxylic acids is 1. The summed E-state index contributed by atoms with van der Waals surface area (Å²) in [6.07, 6.45) is 0. The highest BCUT2D eigenvalue weighted by Crippen LogP contribution is 2.22. The minimum absolute atomic E-state index is 0.0459. The van der Waals surface area contributed by atoms with E-state index < -0.39 is 14.9 Å². The predicted octanol–water partition coefficient (Wildman–Crippen LogP) is 2.70. The minimum atomic E-state index is -3.65. The quantitative estimate of drug-likeness (QED) is 0.555. The van der Waals surface area contributed by atoms with Crippen LogP contribution >= 0.6 is 11.6 Å². The largest absolute Gasteiger partial charge is 0.336 e. The maximum Gasteiger partial charge on any atom is 0.272 e. The number of hydrogen-bond acceptors (Lipinski definition) is 5. The van der Waals surface area contributed by atoms with E-state index >= 15 is 0 Å². The Bertz CT molecular complexity index is 1020. The van der Waals surface area contributed by atoms with Gasteiger partial charge in [0.15, 0.2) is 0 Å². The van der Waals surface area contributed by atoms with Crippen LogP contribution in [0.15, 0.2) is 47.4 Å². The minimum Gasteiger partial charge on any atom is -0.336 e.